The van der Waals surface area contributed by atoms with Crippen LogP contribution in [0.5, 0.6) is 0 Å². The van der Waals surface area contributed by atoms with Crippen LogP contribution in [0.4, 0.5) is 0 Å². The molecule has 0 aromatic heterocycles. The topological polar surface area (TPSA) is 54.4 Å². The molecule has 1 rings (SSSR count). The van der Waals surface area contributed by atoms with Gasteiger partial charge in [-0.3, -0.25) is 9.59 Å². The minimum atomic E-state index is -0.878. The summed E-state index contributed by atoms with van der Waals surface area (Å²) in [7, 11) is 0. The van der Waals surface area contributed by atoms with Crippen LogP contribution in [0, 0.1) is 5.92 Å². The monoisotopic (exact) mass is 468 g/mol. The zero-order chi connectivity index (χ0) is 17.4. The lowest BCUT2D eigenvalue weighted by Crippen LogP contribution is -2.26. The van der Waals surface area contributed by atoms with E-state index in [1.54, 1.807) is 6.92 Å². The number of carboxylic acid groups (broad SMARTS) is 1. The van der Waals surface area contributed by atoms with Gasteiger partial charge in [0.15, 0.2) is 5.12 Å². The van der Waals surface area contributed by atoms with E-state index in [1.807, 2.05) is 18.2 Å². The summed E-state index contributed by atoms with van der Waals surface area (Å²) < 4.78 is 1.11. The van der Waals surface area contributed by atoms with Gasteiger partial charge >= 0.3 is 5.97 Å². The molecule has 1 N–H and O–H groups in total. The van der Waals surface area contributed by atoms with E-state index in [9.17, 15) is 14.7 Å². The third-order valence-corrected chi connectivity index (χ3v) is 6.04. The molecule has 2 unspecified atom stereocenters. The van der Waals surface area contributed by atoms with Crippen LogP contribution in [0.25, 0.3) is 0 Å². The van der Waals surface area contributed by atoms with Gasteiger partial charge in [-0.05, 0) is 47.3 Å². The minimum Gasteiger partial charge on any atom is -0.481 e. The molecule has 0 radical (unpaired) electrons. The Morgan fingerprint density at radius 2 is 2.04 bits per heavy atom. The third kappa shape index (κ3) is 7.01. The summed E-state index contributed by atoms with van der Waals surface area (Å²) in [6.45, 7) is 3.13. The first-order valence-corrected chi connectivity index (χ1v) is 10.4. The van der Waals surface area contributed by atoms with Gasteiger partial charge in [0.25, 0.3) is 0 Å². The van der Waals surface area contributed by atoms with Crippen molar-refractivity contribution >= 4 is 57.0 Å². The van der Waals surface area contributed by atoms with Crippen molar-refractivity contribution in [2.24, 2.45) is 5.92 Å². The van der Waals surface area contributed by atoms with E-state index in [0.29, 0.717) is 6.42 Å². The Labute approximate surface area is 160 Å². The molecule has 0 spiro atoms. The molecular formula is C17H22ClIO3S. The van der Waals surface area contributed by atoms with Crippen LogP contribution < -0.4 is 0 Å². The van der Waals surface area contributed by atoms with Crippen molar-refractivity contribution < 1.29 is 14.7 Å². The lowest BCUT2D eigenvalue weighted by Gasteiger charge is -2.21. The minimum absolute atomic E-state index is 0.0587. The average Bonchev–Trinajstić information content (AvgIpc) is 2.48. The van der Waals surface area contributed by atoms with Crippen molar-refractivity contribution in [1.82, 2.24) is 0 Å². The molecule has 2 atom stereocenters. The van der Waals surface area contributed by atoms with Gasteiger partial charge in [0.05, 0.1) is 5.92 Å². The number of thioether (sulfide) groups is 1. The molecule has 0 aliphatic carbocycles. The Hall–Kier alpha value is -0.270. The predicted octanol–water partition coefficient (Wildman–Crippen LogP) is 5.01. The van der Waals surface area contributed by atoms with E-state index in [0.717, 1.165) is 51.6 Å². The Bertz CT molecular complexity index is 551. The van der Waals surface area contributed by atoms with Crippen LogP contribution in [0.2, 0.25) is 5.02 Å². The second kappa shape index (κ2) is 10.6. The molecule has 0 aliphatic heterocycles. The van der Waals surface area contributed by atoms with E-state index in [2.05, 4.69) is 22.6 Å². The van der Waals surface area contributed by atoms with Crippen LogP contribution in [0.3, 0.4) is 0 Å². The highest BCUT2D eigenvalue weighted by Crippen LogP contribution is 2.29. The largest absolute Gasteiger partial charge is 0.481 e. The fraction of sp³-hybridized carbons (Fsp3) is 0.529. The Balaban J connectivity index is 3.00. The zero-order valence-corrected chi connectivity index (χ0v) is 17.1. The fourth-order valence-corrected chi connectivity index (χ4v) is 4.22. The molecular weight excluding hydrogens is 447 g/mol. The Kier molecular flexibility index (Phi) is 9.54. The maximum Gasteiger partial charge on any atom is 0.307 e. The molecule has 0 aliphatic rings. The van der Waals surface area contributed by atoms with Crippen molar-refractivity contribution in [3.63, 3.8) is 0 Å². The number of hydrogen-bond donors (Lipinski definition) is 1. The van der Waals surface area contributed by atoms with E-state index in [-0.39, 0.29) is 10.4 Å². The molecule has 0 bridgehead atoms. The van der Waals surface area contributed by atoms with Crippen molar-refractivity contribution in [3.8, 4) is 0 Å². The van der Waals surface area contributed by atoms with Crippen LogP contribution in [0.15, 0.2) is 18.2 Å². The molecule has 0 heterocycles. The van der Waals surface area contributed by atoms with Gasteiger partial charge in [-0.1, -0.05) is 65.0 Å². The number of halogens is 2. The first-order valence-electron chi connectivity index (χ1n) is 7.59. The van der Waals surface area contributed by atoms with Gasteiger partial charge in [0, 0.05) is 17.2 Å². The van der Waals surface area contributed by atoms with Gasteiger partial charge in [0.2, 0.25) is 0 Å². The molecule has 23 heavy (non-hydrogen) atoms. The van der Waals surface area contributed by atoms with E-state index in [4.69, 9.17) is 11.6 Å². The molecule has 0 saturated carbocycles. The molecule has 0 fully saturated rings. The van der Waals surface area contributed by atoms with Gasteiger partial charge in [-0.15, -0.1) is 0 Å². The first-order chi connectivity index (χ1) is 10.9. The van der Waals surface area contributed by atoms with Crippen LogP contribution in [-0.2, 0) is 22.4 Å². The zero-order valence-electron chi connectivity index (χ0n) is 13.4. The van der Waals surface area contributed by atoms with Gasteiger partial charge in [-0.25, -0.2) is 0 Å². The van der Waals surface area contributed by atoms with E-state index < -0.39 is 11.9 Å². The molecule has 1 aromatic carbocycles. The third-order valence-electron chi connectivity index (χ3n) is 3.71. The summed E-state index contributed by atoms with van der Waals surface area (Å²) in [5.74, 6) is -1.47. The predicted molar refractivity (Wildman–Crippen MR) is 106 cm³/mol. The van der Waals surface area contributed by atoms with Gasteiger partial charge in [-0.2, -0.15) is 0 Å². The second-order valence-corrected chi connectivity index (χ2v) is 8.40. The van der Waals surface area contributed by atoms with Crippen molar-refractivity contribution in [2.75, 3.05) is 4.43 Å². The number of benzene rings is 1. The Morgan fingerprint density at radius 1 is 1.35 bits per heavy atom. The SMILES string of the molecule is CC(=O)SC(Cc1cccc(Cl)c1CCCCI)C(C)C(=O)O. The maximum absolute atomic E-state index is 11.5. The standard InChI is InChI=1S/C17H22ClIO3S/c1-11(17(21)22)16(23-12(2)20)10-13-6-5-8-15(18)14(13)7-3-4-9-19/h5-6,8,11,16H,3-4,7,9-10H2,1-2H3,(H,21,22). The summed E-state index contributed by atoms with van der Waals surface area (Å²) in [5.41, 5.74) is 2.14. The first kappa shape index (κ1) is 20.8. The van der Waals surface area contributed by atoms with Crippen molar-refractivity contribution in [3.05, 3.63) is 34.3 Å². The molecule has 3 nitrogen and oxygen atoms in total. The van der Waals surface area contributed by atoms with Crippen LogP contribution >= 0.6 is 46.0 Å². The summed E-state index contributed by atoms with van der Waals surface area (Å²) in [5, 5.41) is 9.67. The quantitative estimate of drug-likeness (QED) is 0.314. The van der Waals surface area contributed by atoms with E-state index in [1.165, 1.54) is 6.92 Å². The lowest BCUT2D eigenvalue weighted by atomic mass is 9.94. The molecule has 6 heteroatoms. The highest BCUT2D eigenvalue weighted by molar-refractivity contribution is 14.1. The summed E-state index contributed by atoms with van der Waals surface area (Å²) in [6, 6.07) is 5.76. The molecule has 1 aromatic rings. The van der Waals surface area contributed by atoms with Crippen molar-refractivity contribution in [2.45, 2.75) is 44.8 Å². The lowest BCUT2D eigenvalue weighted by molar-refractivity contribution is -0.141. The number of carbonyl (C=O) groups excluding carboxylic acids is 1. The number of rotatable bonds is 9. The van der Waals surface area contributed by atoms with Crippen LogP contribution in [-0.4, -0.2) is 25.9 Å². The smallest absolute Gasteiger partial charge is 0.307 e. The normalized spacial score (nSPS) is 13.6. The number of hydrogen-bond acceptors (Lipinski definition) is 3. The van der Waals surface area contributed by atoms with Crippen molar-refractivity contribution in [1.29, 1.82) is 0 Å². The van der Waals surface area contributed by atoms with Gasteiger partial charge in [0.1, 0.15) is 0 Å². The van der Waals surface area contributed by atoms with Crippen LogP contribution in [0.1, 0.15) is 37.8 Å². The molecule has 0 amide bonds. The Morgan fingerprint density at radius 3 is 2.61 bits per heavy atom. The summed E-state index contributed by atoms with van der Waals surface area (Å²) >= 11 is 9.81. The maximum atomic E-state index is 11.5. The number of carboxylic acids is 1. The number of alkyl halides is 1. The number of unbranched alkanes of at least 4 members (excludes halogenated alkanes) is 1. The second-order valence-electron chi connectivity index (χ2n) is 5.50. The summed E-state index contributed by atoms with van der Waals surface area (Å²) in [6.07, 6.45) is 3.61. The average molecular weight is 469 g/mol. The number of carbonyl (C=O) groups is 2. The highest BCUT2D eigenvalue weighted by Gasteiger charge is 2.27. The summed E-state index contributed by atoms with van der Waals surface area (Å²) in [4.78, 5) is 22.8. The molecule has 0 saturated heterocycles. The number of aliphatic carboxylic acids is 1. The molecule has 128 valence electrons. The van der Waals surface area contributed by atoms with E-state index >= 15 is 0 Å². The fourth-order valence-electron chi connectivity index (χ4n) is 2.38. The highest BCUT2D eigenvalue weighted by atomic mass is 127. The van der Waals surface area contributed by atoms with Gasteiger partial charge < -0.3 is 5.11 Å².